The topological polar surface area (TPSA) is 86.8 Å². The second kappa shape index (κ2) is 13.0. The van der Waals surface area contributed by atoms with Crippen molar-refractivity contribution in [2.75, 3.05) is 23.9 Å². The van der Waals surface area contributed by atoms with Crippen LogP contribution in [0.4, 0.5) is 10.1 Å². The number of anilines is 1. The summed E-state index contributed by atoms with van der Waals surface area (Å²) >= 11 is 0. The lowest BCUT2D eigenvalue weighted by Gasteiger charge is -2.32. The fourth-order valence-corrected chi connectivity index (χ4v) is 5.26. The van der Waals surface area contributed by atoms with Gasteiger partial charge in [-0.15, -0.1) is 0 Å². The Morgan fingerprint density at radius 2 is 1.51 bits per heavy atom. The monoisotopic (exact) mass is 525 g/mol. The maximum absolute atomic E-state index is 13.7. The summed E-state index contributed by atoms with van der Waals surface area (Å²) in [6, 6.07) is 21.3. The highest BCUT2D eigenvalue weighted by Gasteiger charge is 2.32. The molecule has 0 spiro atoms. The highest BCUT2D eigenvalue weighted by atomic mass is 32.2. The molecule has 0 saturated carbocycles. The number of halogens is 1. The molecule has 0 aromatic heterocycles. The molecule has 0 radical (unpaired) electrons. The van der Waals surface area contributed by atoms with Crippen molar-refractivity contribution in [2.24, 2.45) is 0 Å². The number of sulfonamides is 1. The van der Waals surface area contributed by atoms with E-state index in [1.54, 1.807) is 25.1 Å². The highest BCUT2D eigenvalue weighted by molar-refractivity contribution is 7.92. The van der Waals surface area contributed by atoms with Gasteiger partial charge in [0.2, 0.25) is 11.8 Å². The molecule has 1 N–H and O–H groups in total. The van der Waals surface area contributed by atoms with Gasteiger partial charge in [-0.2, -0.15) is 0 Å². The molecule has 3 rings (SSSR count). The van der Waals surface area contributed by atoms with Gasteiger partial charge in [-0.05, 0) is 61.7 Å². The third-order valence-corrected chi connectivity index (χ3v) is 7.71. The molecule has 2 amide bonds. The number of carbonyl (C=O) groups is 2. The third-order valence-electron chi connectivity index (χ3n) is 5.93. The van der Waals surface area contributed by atoms with Crippen LogP contribution in [-0.2, 0) is 26.0 Å². The van der Waals surface area contributed by atoms with E-state index in [0.29, 0.717) is 13.0 Å². The van der Waals surface area contributed by atoms with Gasteiger partial charge in [-0.25, -0.2) is 12.8 Å². The quantitative estimate of drug-likeness (QED) is 0.387. The van der Waals surface area contributed by atoms with Crippen LogP contribution in [0.1, 0.15) is 25.8 Å². The first kappa shape index (κ1) is 27.9. The summed E-state index contributed by atoms with van der Waals surface area (Å²) in [6.07, 6.45) is 1.23. The van der Waals surface area contributed by atoms with E-state index in [1.807, 2.05) is 37.3 Å². The van der Waals surface area contributed by atoms with E-state index in [9.17, 15) is 22.4 Å². The number of hydrogen-bond acceptors (Lipinski definition) is 4. The van der Waals surface area contributed by atoms with Gasteiger partial charge < -0.3 is 10.2 Å². The molecule has 1 unspecified atom stereocenters. The minimum atomic E-state index is -4.16. The van der Waals surface area contributed by atoms with Gasteiger partial charge in [0.1, 0.15) is 18.4 Å². The summed E-state index contributed by atoms with van der Waals surface area (Å²) in [5.41, 5.74) is 1.12. The zero-order valence-corrected chi connectivity index (χ0v) is 21.8. The first-order chi connectivity index (χ1) is 17.7. The molecule has 37 heavy (non-hydrogen) atoms. The summed E-state index contributed by atoms with van der Waals surface area (Å²) in [6.45, 7) is 3.68. The Kier molecular flexibility index (Phi) is 9.79. The third kappa shape index (κ3) is 7.39. The van der Waals surface area contributed by atoms with Crippen LogP contribution in [0.15, 0.2) is 89.8 Å². The maximum atomic E-state index is 13.7. The molecule has 9 heteroatoms. The molecule has 0 heterocycles. The Hall–Kier alpha value is -3.72. The van der Waals surface area contributed by atoms with Crippen LogP contribution in [0.2, 0.25) is 0 Å². The lowest BCUT2D eigenvalue weighted by molar-refractivity contribution is -0.138. The number of nitrogens with one attached hydrogen (secondary N) is 1. The Morgan fingerprint density at radius 3 is 2.11 bits per heavy atom. The number of nitrogens with zero attached hydrogens (tertiary/aromatic N) is 2. The second-order valence-corrected chi connectivity index (χ2v) is 10.5. The zero-order chi connectivity index (χ0) is 26.8. The first-order valence-corrected chi connectivity index (χ1v) is 13.6. The van der Waals surface area contributed by atoms with E-state index in [2.05, 4.69) is 5.32 Å². The summed E-state index contributed by atoms with van der Waals surface area (Å²) in [5, 5.41) is 2.81. The average molecular weight is 526 g/mol. The van der Waals surface area contributed by atoms with Crippen molar-refractivity contribution >= 4 is 27.5 Å². The standard InChI is InChI=1S/C28H32FN3O4S/c1-3-19-30-28(34)22(2)31(20-18-23-10-6-4-7-11-23)27(33)21-32(25-16-14-24(29)15-17-25)37(35,36)26-12-8-5-9-13-26/h4-17,22H,3,18-21H2,1-2H3,(H,30,34). The van der Waals surface area contributed by atoms with Crippen LogP contribution in [0.25, 0.3) is 0 Å². The van der Waals surface area contributed by atoms with Crippen molar-refractivity contribution in [3.05, 3.63) is 96.3 Å². The lowest BCUT2D eigenvalue weighted by Crippen LogP contribution is -2.52. The Labute approximate surface area is 218 Å². The normalized spacial score (nSPS) is 12.0. The van der Waals surface area contributed by atoms with Gasteiger partial charge in [0.05, 0.1) is 10.6 Å². The van der Waals surface area contributed by atoms with Crippen LogP contribution < -0.4 is 9.62 Å². The van der Waals surface area contributed by atoms with E-state index in [0.717, 1.165) is 28.4 Å². The Morgan fingerprint density at radius 1 is 0.919 bits per heavy atom. The van der Waals surface area contributed by atoms with Crippen molar-refractivity contribution in [3.8, 4) is 0 Å². The molecule has 3 aromatic rings. The van der Waals surface area contributed by atoms with Crippen LogP contribution >= 0.6 is 0 Å². The van der Waals surface area contributed by atoms with Crippen molar-refractivity contribution in [2.45, 2.75) is 37.6 Å². The minimum Gasteiger partial charge on any atom is -0.354 e. The van der Waals surface area contributed by atoms with E-state index < -0.39 is 34.3 Å². The smallest absolute Gasteiger partial charge is 0.264 e. The number of amides is 2. The molecule has 0 bridgehead atoms. The summed E-state index contributed by atoms with van der Waals surface area (Å²) in [4.78, 5) is 27.9. The lowest BCUT2D eigenvalue weighted by atomic mass is 10.1. The Bertz CT molecular complexity index is 1270. The van der Waals surface area contributed by atoms with Gasteiger partial charge >= 0.3 is 0 Å². The van der Waals surface area contributed by atoms with Crippen LogP contribution in [0.3, 0.4) is 0 Å². The van der Waals surface area contributed by atoms with Gasteiger partial charge in [-0.1, -0.05) is 55.5 Å². The predicted octanol–water partition coefficient (Wildman–Crippen LogP) is 4.01. The average Bonchev–Trinajstić information content (AvgIpc) is 2.92. The maximum Gasteiger partial charge on any atom is 0.264 e. The van der Waals surface area contributed by atoms with Gasteiger partial charge in [0, 0.05) is 13.1 Å². The molecule has 7 nitrogen and oxygen atoms in total. The van der Waals surface area contributed by atoms with E-state index in [4.69, 9.17) is 0 Å². The minimum absolute atomic E-state index is 0.00306. The molecule has 0 fully saturated rings. The molecule has 0 saturated heterocycles. The van der Waals surface area contributed by atoms with Gasteiger partial charge in [0.25, 0.3) is 10.0 Å². The molecule has 1 atom stereocenters. The summed E-state index contributed by atoms with van der Waals surface area (Å²) in [7, 11) is -4.16. The molecule has 0 aliphatic heterocycles. The second-order valence-electron chi connectivity index (χ2n) is 8.59. The van der Waals surface area contributed by atoms with E-state index in [1.165, 1.54) is 29.2 Å². The van der Waals surface area contributed by atoms with Crippen LogP contribution in [0, 0.1) is 5.82 Å². The van der Waals surface area contributed by atoms with Crippen LogP contribution in [-0.4, -0.2) is 50.8 Å². The number of hydrogen-bond donors (Lipinski definition) is 1. The Balaban J connectivity index is 1.94. The first-order valence-electron chi connectivity index (χ1n) is 12.2. The summed E-state index contributed by atoms with van der Waals surface area (Å²) < 4.78 is 41.8. The molecular formula is C28H32FN3O4S. The fraction of sp³-hybridized carbons (Fsp3) is 0.286. The van der Waals surface area contributed by atoms with Crippen LogP contribution in [0.5, 0.6) is 0 Å². The van der Waals surface area contributed by atoms with Crippen molar-refractivity contribution in [1.82, 2.24) is 10.2 Å². The molecule has 3 aromatic carbocycles. The number of rotatable bonds is 12. The molecular weight excluding hydrogens is 493 g/mol. The van der Waals surface area contributed by atoms with Crippen molar-refractivity contribution < 1.29 is 22.4 Å². The molecule has 0 aliphatic carbocycles. The van der Waals surface area contributed by atoms with Gasteiger partial charge in [0.15, 0.2) is 0 Å². The largest absolute Gasteiger partial charge is 0.354 e. The van der Waals surface area contributed by atoms with E-state index >= 15 is 0 Å². The fourth-order valence-electron chi connectivity index (χ4n) is 3.82. The highest BCUT2D eigenvalue weighted by Crippen LogP contribution is 2.24. The van der Waals surface area contributed by atoms with Gasteiger partial charge in [-0.3, -0.25) is 13.9 Å². The zero-order valence-electron chi connectivity index (χ0n) is 21.0. The number of benzene rings is 3. The van der Waals surface area contributed by atoms with Crippen molar-refractivity contribution in [1.29, 1.82) is 0 Å². The molecule has 196 valence electrons. The predicted molar refractivity (Wildman–Crippen MR) is 142 cm³/mol. The number of carbonyl (C=O) groups excluding carboxylic acids is 2. The van der Waals surface area contributed by atoms with E-state index in [-0.39, 0.29) is 23.0 Å². The SMILES string of the molecule is CCCNC(=O)C(C)N(CCc1ccccc1)C(=O)CN(c1ccc(F)cc1)S(=O)(=O)c1ccccc1. The molecule has 0 aliphatic rings. The van der Waals surface area contributed by atoms with Crippen molar-refractivity contribution in [3.63, 3.8) is 0 Å². The summed E-state index contributed by atoms with van der Waals surface area (Å²) in [5.74, 6) is -1.39.